The normalized spacial score (nSPS) is 16.2. The Kier molecular flexibility index (Phi) is 11.7. The van der Waals surface area contributed by atoms with Crippen LogP contribution in [0.2, 0.25) is 0 Å². The van der Waals surface area contributed by atoms with Crippen molar-refractivity contribution in [3.63, 3.8) is 0 Å². The average Bonchev–Trinajstić information content (AvgIpc) is 2.49. The maximum Gasteiger partial charge on any atom is 0.412 e. The highest BCUT2D eigenvalue weighted by Gasteiger charge is 2.25. The molecule has 0 heterocycles. The average molecular weight is 381 g/mol. The van der Waals surface area contributed by atoms with E-state index in [1.54, 1.807) is 27.7 Å². The Morgan fingerprint density at radius 3 is 2.12 bits per heavy atom. The summed E-state index contributed by atoms with van der Waals surface area (Å²) >= 11 is 0. The molecular weight excluding hydrogens is 349 g/mol. The van der Waals surface area contributed by atoms with Gasteiger partial charge in [-0.15, -0.1) is 0 Å². The molecule has 0 saturated carbocycles. The van der Waals surface area contributed by atoms with Gasteiger partial charge in [0.15, 0.2) is 8.03 Å². The Balaban J connectivity index is 4.27. The van der Waals surface area contributed by atoms with E-state index in [2.05, 4.69) is 5.32 Å². The number of rotatable bonds is 11. The zero-order chi connectivity index (χ0) is 19.6. The summed E-state index contributed by atoms with van der Waals surface area (Å²) in [5, 5.41) is 12.1. The predicted molar refractivity (Wildman–Crippen MR) is 94.3 cm³/mol. The number of aliphatic hydroxyl groups is 1. The fraction of sp³-hybridized carbons (Fsp3) is 0.875. The minimum Gasteiger partial charge on any atom is -0.425 e. The van der Waals surface area contributed by atoms with E-state index in [0.29, 0.717) is 19.3 Å². The number of carbonyl (C=O) groups is 2. The Morgan fingerprint density at radius 2 is 1.64 bits per heavy atom. The molecule has 25 heavy (non-hydrogen) atoms. The Labute approximate surface area is 150 Å². The van der Waals surface area contributed by atoms with Crippen molar-refractivity contribution in [2.75, 3.05) is 6.16 Å². The van der Waals surface area contributed by atoms with Crippen molar-refractivity contribution < 1.29 is 33.6 Å². The van der Waals surface area contributed by atoms with Gasteiger partial charge in [-0.1, -0.05) is 34.6 Å². The second kappa shape index (κ2) is 12.3. The first kappa shape index (κ1) is 23.9. The van der Waals surface area contributed by atoms with Crippen molar-refractivity contribution in [3.05, 3.63) is 0 Å². The monoisotopic (exact) mass is 381 g/mol. The molecule has 0 saturated heterocycles. The Bertz CT molecular complexity index is 442. The van der Waals surface area contributed by atoms with E-state index in [0.717, 1.165) is 0 Å². The van der Waals surface area contributed by atoms with Crippen molar-refractivity contribution in [2.24, 2.45) is 17.8 Å². The summed E-state index contributed by atoms with van der Waals surface area (Å²) in [6.45, 7) is 8.76. The lowest BCUT2D eigenvalue weighted by molar-refractivity contribution is -0.179. The molecule has 8 nitrogen and oxygen atoms in total. The van der Waals surface area contributed by atoms with Crippen LogP contribution in [0.4, 0.5) is 4.79 Å². The molecule has 0 bridgehead atoms. The zero-order valence-electron chi connectivity index (χ0n) is 15.7. The molecule has 0 rings (SSSR count). The lowest BCUT2D eigenvalue weighted by Gasteiger charge is -2.23. The number of ether oxygens (including phenoxy) is 2. The van der Waals surface area contributed by atoms with E-state index in [4.69, 9.17) is 14.4 Å². The molecule has 0 radical (unpaired) electrons. The third-order valence-electron chi connectivity index (χ3n) is 3.54. The van der Waals surface area contributed by atoms with Gasteiger partial charge in [0.05, 0.1) is 5.92 Å². The van der Waals surface area contributed by atoms with Crippen LogP contribution < -0.4 is 5.32 Å². The standard InChI is InChI=1S/C16H32NO7P/c1-10(2)14(19)23-15(11(3)4)24-16(20)17-13(18)7-6-12(5)8-9-25(21)22/h10-13,15,18,25H,6-9H2,1-5H3,(H,17,20)(H,21,22)/t12?,13?,15-/m1/s1. The van der Waals surface area contributed by atoms with Crippen molar-refractivity contribution in [1.82, 2.24) is 5.32 Å². The maximum atomic E-state index is 11.8. The van der Waals surface area contributed by atoms with E-state index in [1.165, 1.54) is 0 Å². The van der Waals surface area contributed by atoms with Crippen molar-refractivity contribution in [2.45, 2.75) is 66.4 Å². The van der Waals surface area contributed by atoms with Crippen LogP contribution in [-0.4, -0.2) is 40.7 Å². The molecule has 3 unspecified atom stereocenters. The largest absolute Gasteiger partial charge is 0.425 e. The molecule has 0 aromatic carbocycles. The minimum absolute atomic E-state index is 0.156. The molecule has 3 N–H and O–H groups in total. The van der Waals surface area contributed by atoms with Crippen LogP contribution in [0, 0.1) is 17.8 Å². The highest BCUT2D eigenvalue weighted by molar-refractivity contribution is 7.37. The third kappa shape index (κ3) is 12.0. The molecular formula is C16H32NO7P. The first-order valence-corrected chi connectivity index (χ1v) is 10.2. The summed E-state index contributed by atoms with van der Waals surface area (Å²) in [5.74, 6) is -0.880. The third-order valence-corrected chi connectivity index (χ3v) is 4.26. The van der Waals surface area contributed by atoms with Gasteiger partial charge in [-0.3, -0.25) is 14.7 Å². The number of nitrogens with one attached hydrogen (secondary N) is 1. The van der Waals surface area contributed by atoms with Crippen LogP contribution in [0.5, 0.6) is 0 Å². The molecule has 4 atom stereocenters. The quantitative estimate of drug-likeness (QED) is 0.285. The van der Waals surface area contributed by atoms with Crippen molar-refractivity contribution >= 4 is 20.1 Å². The minimum atomic E-state index is -2.47. The number of alkyl carbamates (subject to hydrolysis) is 1. The Morgan fingerprint density at radius 1 is 1.04 bits per heavy atom. The summed E-state index contributed by atoms with van der Waals surface area (Å²) in [7, 11) is -2.47. The number of hydrogen-bond donors (Lipinski definition) is 3. The van der Waals surface area contributed by atoms with Crippen LogP contribution in [0.25, 0.3) is 0 Å². The van der Waals surface area contributed by atoms with Crippen LogP contribution >= 0.6 is 8.03 Å². The molecule has 0 aliphatic carbocycles. The molecule has 0 aliphatic rings. The van der Waals surface area contributed by atoms with Gasteiger partial charge in [0, 0.05) is 12.1 Å². The van der Waals surface area contributed by atoms with Gasteiger partial charge in [0.2, 0.25) is 0 Å². The molecule has 0 spiro atoms. The zero-order valence-corrected chi connectivity index (χ0v) is 16.7. The van der Waals surface area contributed by atoms with E-state index < -0.39 is 32.6 Å². The highest BCUT2D eigenvalue weighted by atomic mass is 31.1. The molecule has 1 amide bonds. The number of amides is 1. The Hall–Kier alpha value is -1.11. The van der Waals surface area contributed by atoms with Gasteiger partial charge >= 0.3 is 12.1 Å². The van der Waals surface area contributed by atoms with Gasteiger partial charge in [0.25, 0.3) is 6.29 Å². The van der Waals surface area contributed by atoms with E-state index >= 15 is 0 Å². The van der Waals surface area contributed by atoms with Gasteiger partial charge in [-0.25, -0.2) is 4.79 Å². The summed E-state index contributed by atoms with van der Waals surface area (Å²) in [6, 6.07) is 0. The SMILES string of the molecule is CC(CCC(O)NC(=O)O[C@@H](OC(=O)C(C)C)C(C)C)CC[PH](=O)O. The predicted octanol–water partition coefficient (Wildman–Crippen LogP) is 2.49. The van der Waals surface area contributed by atoms with Crippen LogP contribution in [0.3, 0.4) is 0 Å². The summed E-state index contributed by atoms with van der Waals surface area (Å²) < 4.78 is 20.9. The molecule has 0 aliphatic heterocycles. The van der Waals surface area contributed by atoms with Gasteiger partial charge < -0.3 is 19.5 Å². The topological polar surface area (TPSA) is 122 Å². The van der Waals surface area contributed by atoms with Crippen LogP contribution in [0.1, 0.15) is 53.9 Å². The van der Waals surface area contributed by atoms with E-state index in [9.17, 15) is 19.3 Å². The summed E-state index contributed by atoms with van der Waals surface area (Å²) in [6.07, 6.45) is -1.26. The number of aliphatic hydroxyl groups excluding tert-OH is 1. The number of hydrogen-bond acceptors (Lipinski definition) is 6. The lowest BCUT2D eigenvalue weighted by Crippen LogP contribution is -2.40. The highest BCUT2D eigenvalue weighted by Crippen LogP contribution is 2.20. The molecule has 148 valence electrons. The van der Waals surface area contributed by atoms with Gasteiger partial charge in [0.1, 0.15) is 6.23 Å². The molecule has 0 fully saturated rings. The second-order valence-corrected chi connectivity index (χ2v) is 8.17. The maximum absolute atomic E-state index is 11.8. The van der Waals surface area contributed by atoms with Gasteiger partial charge in [-0.2, -0.15) is 0 Å². The smallest absolute Gasteiger partial charge is 0.412 e. The lowest BCUT2D eigenvalue weighted by atomic mass is 10.0. The number of esters is 1. The van der Waals surface area contributed by atoms with Gasteiger partial charge in [-0.05, 0) is 25.2 Å². The summed E-state index contributed by atoms with van der Waals surface area (Å²) in [4.78, 5) is 32.3. The summed E-state index contributed by atoms with van der Waals surface area (Å²) in [5.41, 5.74) is 0. The van der Waals surface area contributed by atoms with Crippen molar-refractivity contribution in [3.8, 4) is 0 Å². The van der Waals surface area contributed by atoms with E-state index in [-0.39, 0.29) is 23.9 Å². The van der Waals surface area contributed by atoms with E-state index in [1.807, 2.05) is 6.92 Å². The van der Waals surface area contributed by atoms with Crippen LogP contribution in [0.15, 0.2) is 0 Å². The molecule has 0 aromatic heterocycles. The fourth-order valence-electron chi connectivity index (χ4n) is 1.85. The first-order valence-electron chi connectivity index (χ1n) is 8.60. The number of carbonyl (C=O) groups excluding carboxylic acids is 2. The van der Waals surface area contributed by atoms with Crippen LogP contribution in [-0.2, 0) is 18.8 Å². The fourth-order valence-corrected chi connectivity index (χ4v) is 2.59. The molecule has 0 aromatic rings. The molecule has 9 heteroatoms. The van der Waals surface area contributed by atoms with Crippen molar-refractivity contribution in [1.29, 1.82) is 0 Å². The second-order valence-electron chi connectivity index (χ2n) is 6.88. The first-order chi connectivity index (χ1) is 11.5.